The summed E-state index contributed by atoms with van der Waals surface area (Å²) in [5, 5.41) is 6.20. The van der Waals surface area contributed by atoms with E-state index in [0.29, 0.717) is 13.0 Å². The van der Waals surface area contributed by atoms with Gasteiger partial charge in [0.2, 0.25) is 11.8 Å². The van der Waals surface area contributed by atoms with Crippen LogP contribution in [0.5, 0.6) is 0 Å². The first-order valence-electron chi connectivity index (χ1n) is 9.02. The van der Waals surface area contributed by atoms with Crippen LogP contribution < -0.4 is 10.6 Å². The molecule has 1 aliphatic heterocycles. The van der Waals surface area contributed by atoms with Crippen LogP contribution in [0, 0.1) is 6.92 Å². The molecule has 0 aliphatic carbocycles. The number of anilines is 2. The Morgan fingerprint density at radius 3 is 2.73 bits per heavy atom. The Morgan fingerprint density at radius 2 is 2.00 bits per heavy atom. The largest absolute Gasteiger partial charge is 0.374 e. The highest BCUT2D eigenvalue weighted by Gasteiger charge is 2.20. The number of carbonyl (C=O) groups excluding carboxylic acids is 2. The number of hydrogen-bond acceptors (Lipinski definition) is 3. The average Bonchev–Trinajstić information content (AvgIpc) is 3.02. The Kier molecular flexibility index (Phi) is 5.56. The van der Waals surface area contributed by atoms with Gasteiger partial charge in [-0.05, 0) is 49.6 Å². The minimum Gasteiger partial charge on any atom is -0.374 e. The second-order valence-corrected chi connectivity index (χ2v) is 6.79. The fraction of sp³-hybridized carbons (Fsp3) is 0.333. The third kappa shape index (κ3) is 4.42. The Hall–Kier alpha value is -2.82. The molecule has 0 radical (unpaired) electrons. The normalized spacial score (nSPS) is 15.0. The monoisotopic (exact) mass is 351 g/mol. The number of para-hydroxylation sites is 1. The molecule has 2 N–H and O–H groups in total. The summed E-state index contributed by atoms with van der Waals surface area (Å²) in [6, 6.07) is 15.2. The molecule has 0 bridgehead atoms. The molecule has 26 heavy (non-hydrogen) atoms. The van der Waals surface area contributed by atoms with Crippen LogP contribution in [0.2, 0.25) is 0 Å². The van der Waals surface area contributed by atoms with Crippen molar-refractivity contribution in [3.8, 4) is 0 Å². The fourth-order valence-corrected chi connectivity index (χ4v) is 3.12. The lowest BCUT2D eigenvalue weighted by molar-refractivity contribution is -0.128. The first-order chi connectivity index (χ1) is 12.5. The number of nitrogens with one attached hydrogen (secondary N) is 2. The standard InChI is InChI=1S/C21H25N3O2/c1-15-7-3-4-10-19(15)23-21(26)16(2)22-18-9-5-8-17(13-18)14-24-12-6-11-20(24)25/h3-5,7-10,13,16,22H,6,11-12,14H2,1-2H3,(H,23,26). The predicted octanol–water partition coefficient (Wildman–Crippen LogP) is 3.56. The SMILES string of the molecule is Cc1ccccc1NC(=O)C(C)Nc1cccc(CN2CCCC2=O)c1. The molecule has 2 aromatic carbocycles. The van der Waals surface area contributed by atoms with Crippen LogP contribution in [0.3, 0.4) is 0 Å². The van der Waals surface area contributed by atoms with Crippen molar-refractivity contribution in [2.75, 3.05) is 17.2 Å². The molecule has 3 rings (SSSR count). The van der Waals surface area contributed by atoms with Crippen molar-refractivity contribution in [2.24, 2.45) is 0 Å². The second kappa shape index (κ2) is 8.04. The molecule has 1 unspecified atom stereocenters. The molecule has 5 heteroatoms. The van der Waals surface area contributed by atoms with E-state index in [9.17, 15) is 9.59 Å². The van der Waals surface area contributed by atoms with Gasteiger partial charge in [0, 0.05) is 30.9 Å². The van der Waals surface area contributed by atoms with Gasteiger partial charge < -0.3 is 15.5 Å². The Morgan fingerprint density at radius 1 is 1.19 bits per heavy atom. The number of likely N-dealkylation sites (tertiary alicyclic amines) is 1. The summed E-state index contributed by atoms with van der Waals surface area (Å²) in [5.74, 6) is 0.133. The number of hydrogen-bond donors (Lipinski definition) is 2. The topological polar surface area (TPSA) is 61.4 Å². The van der Waals surface area contributed by atoms with Gasteiger partial charge in [-0.15, -0.1) is 0 Å². The van der Waals surface area contributed by atoms with Gasteiger partial charge in [0.15, 0.2) is 0 Å². The quantitative estimate of drug-likeness (QED) is 0.836. The molecule has 1 heterocycles. The van der Waals surface area contributed by atoms with Crippen molar-refractivity contribution in [1.29, 1.82) is 0 Å². The van der Waals surface area contributed by atoms with Crippen molar-refractivity contribution >= 4 is 23.2 Å². The van der Waals surface area contributed by atoms with E-state index in [1.165, 1.54) is 0 Å². The molecule has 136 valence electrons. The van der Waals surface area contributed by atoms with Gasteiger partial charge in [0.1, 0.15) is 6.04 Å². The lowest BCUT2D eigenvalue weighted by Gasteiger charge is -2.18. The van der Waals surface area contributed by atoms with Crippen LogP contribution in [0.25, 0.3) is 0 Å². The van der Waals surface area contributed by atoms with Crippen LogP contribution in [-0.2, 0) is 16.1 Å². The summed E-state index contributed by atoms with van der Waals surface area (Å²) in [4.78, 5) is 26.1. The third-order valence-electron chi connectivity index (χ3n) is 4.65. The van der Waals surface area contributed by atoms with Crippen LogP contribution in [-0.4, -0.2) is 29.3 Å². The summed E-state index contributed by atoms with van der Waals surface area (Å²) >= 11 is 0. The zero-order chi connectivity index (χ0) is 18.5. The van der Waals surface area contributed by atoms with Gasteiger partial charge in [-0.25, -0.2) is 0 Å². The molecule has 0 spiro atoms. The highest BCUT2D eigenvalue weighted by atomic mass is 16.2. The highest BCUT2D eigenvalue weighted by Crippen LogP contribution is 2.18. The van der Waals surface area contributed by atoms with E-state index in [1.807, 2.05) is 67.3 Å². The maximum atomic E-state index is 12.4. The molecule has 5 nitrogen and oxygen atoms in total. The Bertz CT molecular complexity index is 803. The molecule has 0 saturated carbocycles. The van der Waals surface area contributed by atoms with Gasteiger partial charge in [-0.3, -0.25) is 9.59 Å². The molecule has 2 amide bonds. The molecule has 1 aliphatic rings. The van der Waals surface area contributed by atoms with E-state index >= 15 is 0 Å². The first kappa shape index (κ1) is 18.0. The fourth-order valence-electron chi connectivity index (χ4n) is 3.12. The molecular weight excluding hydrogens is 326 g/mol. The summed E-state index contributed by atoms with van der Waals surface area (Å²) in [5.41, 5.74) is 3.80. The van der Waals surface area contributed by atoms with E-state index in [1.54, 1.807) is 0 Å². The number of aryl methyl sites for hydroxylation is 1. The van der Waals surface area contributed by atoms with Crippen LogP contribution in [0.1, 0.15) is 30.9 Å². The van der Waals surface area contributed by atoms with E-state index in [4.69, 9.17) is 0 Å². The summed E-state index contributed by atoms with van der Waals surface area (Å²) in [6.07, 6.45) is 1.58. The van der Waals surface area contributed by atoms with Gasteiger partial charge >= 0.3 is 0 Å². The number of benzene rings is 2. The van der Waals surface area contributed by atoms with Gasteiger partial charge in [0.25, 0.3) is 0 Å². The van der Waals surface area contributed by atoms with E-state index < -0.39 is 0 Å². The molecule has 1 saturated heterocycles. The van der Waals surface area contributed by atoms with Crippen LogP contribution >= 0.6 is 0 Å². The van der Waals surface area contributed by atoms with E-state index in [0.717, 1.165) is 35.5 Å². The number of rotatable bonds is 6. The summed E-state index contributed by atoms with van der Waals surface area (Å²) in [6.45, 7) is 5.25. The van der Waals surface area contributed by atoms with Crippen LogP contribution in [0.15, 0.2) is 48.5 Å². The minimum absolute atomic E-state index is 0.0839. The smallest absolute Gasteiger partial charge is 0.246 e. The molecule has 1 atom stereocenters. The zero-order valence-corrected chi connectivity index (χ0v) is 15.3. The van der Waals surface area contributed by atoms with Gasteiger partial charge in [-0.2, -0.15) is 0 Å². The third-order valence-corrected chi connectivity index (χ3v) is 4.65. The number of amides is 2. The molecular formula is C21H25N3O2. The zero-order valence-electron chi connectivity index (χ0n) is 15.3. The van der Waals surface area contributed by atoms with Crippen molar-refractivity contribution in [3.63, 3.8) is 0 Å². The summed E-state index contributed by atoms with van der Waals surface area (Å²) in [7, 11) is 0. The summed E-state index contributed by atoms with van der Waals surface area (Å²) < 4.78 is 0. The van der Waals surface area contributed by atoms with E-state index in [-0.39, 0.29) is 17.9 Å². The van der Waals surface area contributed by atoms with Crippen LogP contribution in [0.4, 0.5) is 11.4 Å². The van der Waals surface area contributed by atoms with Crippen molar-refractivity contribution in [1.82, 2.24) is 4.90 Å². The Labute approximate surface area is 154 Å². The molecule has 0 aromatic heterocycles. The molecule has 2 aromatic rings. The lowest BCUT2D eigenvalue weighted by atomic mass is 10.1. The highest BCUT2D eigenvalue weighted by molar-refractivity contribution is 5.96. The van der Waals surface area contributed by atoms with Crippen molar-refractivity contribution in [3.05, 3.63) is 59.7 Å². The number of carbonyl (C=O) groups is 2. The van der Waals surface area contributed by atoms with Gasteiger partial charge in [0.05, 0.1) is 0 Å². The molecule has 1 fully saturated rings. The predicted molar refractivity (Wildman–Crippen MR) is 104 cm³/mol. The maximum Gasteiger partial charge on any atom is 0.246 e. The minimum atomic E-state index is -0.377. The van der Waals surface area contributed by atoms with Crippen molar-refractivity contribution in [2.45, 2.75) is 39.3 Å². The first-order valence-corrected chi connectivity index (χ1v) is 9.02. The van der Waals surface area contributed by atoms with Crippen molar-refractivity contribution < 1.29 is 9.59 Å². The van der Waals surface area contributed by atoms with Gasteiger partial charge in [-0.1, -0.05) is 30.3 Å². The maximum absolute atomic E-state index is 12.4. The Balaban J connectivity index is 1.61. The van der Waals surface area contributed by atoms with E-state index in [2.05, 4.69) is 10.6 Å². The lowest BCUT2D eigenvalue weighted by Crippen LogP contribution is -2.32. The average molecular weight is 351 g/mol. The number of nitrogens with zero attached hydrogens (tertiary/aromatic N) is 1. The second-order valence-electron chi connectivity index (χ2n) is 6.79.